The van der Waals surface area contributed by atoms with Crippen molar-refractivity contribution in [2.45, 2.75) is 6.92 Å². The molecular formula is C18H24N6. The smallest absolute Gasteiger partial charge is 0.158 e. The van der Waals surface area contributed by atoms with Crippen LogP contribution in [0.25, 0.3) is 16.6 Å². The second kappa shape index (κ2) is 6.37. The van der Waals surface area contributed by atoms with Gasteiger partial charge in [-0.2, -0.15) is 5.10 Å². The molecule has 2 aromatic heterocycles. The van der Waals surface area contributed by atoms with Crippen LogP contribution in [0.5, 0.6) is 0 Å². The Bertz CT molecular complexity index is 847. The van der Waals surface area contributed by atoms with E-state index in [1.54, 1.807) is 0 Å². The van der Waals surface area contributed by atoms with Gasteiger partial charge in [0.15, 0.2) is 5.65 Å². The third-order valence-electron chi connectivity index (χ3n) is 4.74. The number of aromatic nitrogens is 3. The molecule has 0 unspecified atom stereocenters. The van der Waals surface area contributed by atoms with Crippen LogP contribution in [0.15, 0.2) is 30.3 Å². The molecule has 1 N–H and O–H groups in total. The van der Waals surface area contributed by atoms with E-state index in [0.717, 1.165) is 67.3 Å². The van der Waals surface area contributed by atoms with Gasteiger partial charge in [-0.1, -0.05) is 12.1 Å². The molecule has 24 heavy (non-hydrogen) atoms. The number of fused-ring (bicyclic) bond motifs is 3. The number of hydrogen-bond acceptors (Lipinski definition) is 5. The van der Waals surface area contributed by atoms with Crippen LogP contribution in [0.1, 0.15) is 5.69 Å². The highest BCUT2D eigenvalue weighted by Gasteiger charge is 2.14. The Morgan fingerprint density at radius 1 is 1.12 bits per heavy atom. The average molecular weight is 324 g/mol. The first-order valence-electron chi connectivity index (χ1n) is 8.60. The molecule has 0 aliphatic carbocycles. The van der Waals surface area contributed by atoms with Crippen molar-refractivity contribution in [1.82, 2.24) is 24.4 Å². The lowest BCUT2D eigenvalue weighted by molar-refractivity contribution is 0.158. The second-order valence-corrected chi connectivity index (χ2v) is 6.60. The van der Waals surface area contributed by atoms with E-state index in [9.17, 15) is 0 Å². The Labute approximate surface area is 142 Å². The van der Waals surface area contributed by atoms with Crippen LogP contribution in [0.2, 0.25) is 0 Å². The first-order chi connectivity index (χ1) is 11.7. The standard InChI is InChI=1S/C18H24N6/c1-14-13-17-20-18(15-5-3-4-6-16(15)24(17)21-14)19-7-8-23-11-9-22(2)10-12-23/h3-6,13H,7-12H2,1-2H3,(H,19,20). The number of likely N-dealkylation sites (N-methyl/N-ethyl adjacent to an activating group) is 1. The number of anilines is 1. The van der Waals surface area contributed by atoms with E-state index in [4.69, 9.17) is 4.98 Å². The van der Waals surface area contributed by atoms with Gasteiger partial charge in [0.25, 0.3) is 0 Å². The second-order valence-electron chi connectivity index (χ2n) is 6.60. The van der Waals surface area contributed by atoms with Crippen molar-refractivity contribution in [2.24, 2.45) is 0 Å². The van der Waals surface area contributed by atoms with Gasteiger partial charge in [-0.3, -0.25) is 4.90 Å². The molecule has 1 fully saturated rings. The van der Waals surface area contributed by atoms with E-state index in [1.165, 1.54) is 0 Å². The Kier molecular flexibility index (Phi) is 4.08. The number of piperazine rings is 1. The summed E-state index contributed by atoms with van der Waals surface area (Å²) in [5.41, 5.74) is 2.98. The Hall–Kier alpha value is -2.18. The number of para-hydroxylation sites is 1. The highest BCUT2D eigenvalue weighted by Crippen LogP contribution is 2.23. The monoisotopic (exact) mass is 324 g/mol. The lowest BCUT2D eigenvalue weighted by Crippen LogP contribution is -2.45. The number of aryl methyl sites for hydroxylation is 1. The summed E-state index contributed by atoms with van der Waals surface area (Å²) in [4.78, 5) is 9.68. The van der Waals surface area contributed by atoms with Crippen LogP contribution in [-0.4, -0.2) is 70.7 Å². The minimum Gasteiger partial charge on any atom is -0.368 e. The maximum atomic E-state index is 4.78. The molecule has 126 valence electrons. The third kappa shape index (κ3) is 2.95. The van der Waals surface area contributed by atoms with Gasteiger partial charge < -0.3 is 10.2 Å². The molecule has 1 aliphatic rings. The van der Waals surface area contributed by atoms with Crippen LogP contribution in [0.3, 0.4) is 0 Å². The molecule has 0 radical (unpaired) electrons. The van der Waals surface area contributed by atoms with Crippen molar-refractivity contribution in [3.8, 4) is 0 Å². The van der Waals surface area contributed by atoms with Gasteiger partial charge in [-0.05, 0) is 26.1 Å². The minimum absolute atomic E-state index is 0.897. The summed E-state index contributed by atoms with van der Waals surface area (Å²) in [7, 11) is 2.19. The number of rotatable bonds is 4. The fourth-order valence-electron chi connectivity index (χ4n) is 3.31. The van der Waals surface area contributed by atoms with Crippen molar-refractivity contribution in [3.05, 3.63) is 36.0 Å². The predicted molar refractivity (Wildman–Crippen MR) is 97.7 cm³/mol. The maximum absolute atomic E-state index is 4.78. The van der Waals surface area contributed by atoms with Gasteiger partial charge in [0.05, 0.1) is 11.2 Å². The van der Waals surface area contributed by atoms with Crippen LogP contribution in [0.4, 0.5) is 5.82 Å². The zero-order valence-corrected chi connectivity index (χ0v) is 14.4. The summed E-state index contributed by atoms with van der Waals surface area (Å²) in [5.74, 6) is 0.951. The lowest BCUT2D eigenvalue weighted by Gasteiger charge is -2.32. The Balaban J connectivity index is 1.54. The third-order valence-corrected chi connectivity index (χ3v) is 4.74. The van der Waals surface area contributed by atoms with Crippen molar-refractivity contribution in [2.75, 3.05) is 51.6 Å². The first kappa shape index (κ1) is 15.4. The van der Waals surface area contributed by atoms with E-state index < -0.39 is 0 Å². The maximum Gasteiger partial charge on any atom is 0.158 e. The molecule has 3 heterocycles. The van der Waals surface area contributed by atoms with E-state index in [1.807, 2.05) is 23.6 Å². The number of nitrogens with one attached hydrogen (secondary N) is 1. The largest absolute Gasteiger partial charge is 0.368 e. The molecule has 4 rings (SSSR count). The topological polar surface area (TPSA) is 48.7 Å². The summed E-state index contributed by atoms with van der Waals surface area (Å²) in [6.45, 7) is 8.56. The molecular weight excluding hydrogens is 300 g/mol. The molecule has 0 spiro atoms. The Morgan fingerprint density at radius 2 is 1.92 bits per heavy atom. The summed E-state index contributed by atoms with van der Waals surface area (Å²) in [6, 6.07) is 10.3. The summed E-state index contributed by atoms with van der Waals surface area (Å²) in [5, 5.41) is 9.21. The molecule has 1 saturated heterocycles. The number of nitrogens with zero attached hydrogens (tertiary/aromatic N) is 5. The summed E-state index contributed by atoms with van der Waals surface area (Å²) in [6.07, 6.45) is 0. The van der Waals surface area contributed by atoms with Crippen LogP contribution >= 0.6 is 0 Å². The van der Waals surface area contributed by atoms with Gasteiger partial charge in [0, 0.05) is 50.7 Å². The fourth-order valence-corrected chi connectivity index (χ4v) is 3.31. The quantitative estimate of drug-likeness (QED) is 0.794. The van der Waals surface area contributed by atoms with Crippen molar-refractivity contribution in [3.63, 3.8) is 0 Å². The Morgan fingerprint density at radius 3 is 2.75 bits per heavy atom. The highest BCUT2D eigenvalue weighted by atomic mass is 15.3. The first-order valence-corrected chi connectivity index (χ1v) is 8.60. The SMILES string of the molecule is Cc1cc2nc(NCCN3CCN(C)CC3)c3ccccc3n2n1. The van der Waals surface area contributed by atoms with E-state index in [-0.39, 0.29) is 0 Å². The molecule has 0 bridgehead atoms. The van der Waals surface area contributed by atoms with Crippen molar-refractivity contribution in [1.29, 1.82) is 0 Å². The number of hydrogen-bond donors (Lipinski definition) is 1. The van der Waals surface area contributed by atoms with E-state index in [0.29, 0.717) is 0 Å². The molecule has 6 nitrogen and oxygen atoms in total. The zero-order chi connectivity index (χ0) is 16.5. The molecule has 0 saturated carbocycles. The average Bonchev–Trinajstić information content (AvgIpc) is 2.97. The van der Waals surface area contributed by atoms with Gasteiger partial charge in [-0.25, -0.2) is 9.50 Å². The molecule has 1 aliphatic heterocycles. The van der Waals surface area contributed by atoms with Crippen molar-refractivity contribution < 1.29 is 0 Å². The van der Waals surface area contributed by atoms with Gasteiger partial charge in [0.1, 0.15) is 5.82 Å². The molecule has 0 amide bonds. The highest BCUT2D eigenvalue weighted by molar-refractivity contribution is 5.91. The van der Waals surface area contributed by atoms with Crippen LogP contribution < -0.4 is 5.32 Å². The van der Waals surface area contributed by atoms with Gasteiger partial charge >= 0.3 is 0 Å². The summed E-state index contributed by atoms with van der Waals surface area (Å²) < 4.78 is 1.93. The normalized spacial score (nSPS) is 16.9. The molecule has 1 aromatic carbocycles. The zero-order valence-electron chi connectivity index (χ0n) is 14.4. The van der Waals surface area contributed by atoms with Crippen LogP contribution in [0, 0.1) is 6.92 Å². The molecule has 3 aromatic rings. The van der Waals surface area contributed by atoms with Crippen LogP contribution in [-0.2, 0) is 0 Å². The van der Waals surface area contributed by atoms with E-state index in [2.05, 4.69) is 45.5 Å². The van der Waals surface area contributed by atoms with Gasteiger partial charge in [-0.15, -0.1) is 0 Å². The number of benzene rings is 1. The van der Waals surface area contributed by atoms with Crippen molar-refractivity contribution >= 4 is 22.4 Å². The molecule has 0 atom stereocenters. The lowest BCUT2D eigenvalue weighted by atomic mass is 10.2. The fraction of sp³-hybridized carbons (Fsp3) is 0.444. The van der Waals surface area contributed by atoms with Gasteiger partial charge in [0.2, 0.25) is 0 Å². The predicted octanol–water partition coefficient (Wildman–Crippen LogP) is 1.85. The van der Waals surface area contributed by atoms with E-state index >= 15 is 0 Å². The molecule has 6 heteroatoms. The minimum atomic E-state index is 0.897. The summed E-state index contributed by atoms with van der Waals surface area (Å²) >= 11 is 0.